The van der Waals surface area contributed by atoms with E-state index in [0.717, 1.165) is 6.08 Å². The van der Waals surface area contributed by atoms with Crippen molar-refractivity contribution in [1.82, 2.24) is 10.6 Å². The molecule has 0 aliphatic rings. The summed E-state index contributed by atoms with van der Waals surface area (Å²) in [4.78, 5) is 22.3. The lowest BCUT2D eigenvalue weighted by molar-refractivity contribution is -0.137. The van der Waals surface area contributed by atoms with Crippen molar-refractivity contribution in [1.29, 1.82) is 0 Å². The van der Waals surface area contributed by atoms with Crippen LogP contribution in [0.2, 0.25) is 0 Å². The number of rotatable bonds is 6. The summed E-state index contributed by atoms with van der Waals surface area (Å²) in [5, 5.41) is 4.91. The molecule has 0 aromatic heterocycles. The Morgan fingerprint density at radius 2 is 1.75 bits per heavy atom. The monoisotopic (exact) mass is 230 g/mol. The van der Waals surface area contributed by atoms with E-state index in [2.05, 4.69) is 10.6 Å². The lowest BCUT2D eigenvalue weighted by Gasteiger charge is -2.10. The van der Waals surface area contributed by atoms with Crippen LogP contribution in [0.25, 0.3) is 0 Å². The van der Waals surface area contributed by atoms with E-state index < -0.39 is 12.0 Å². The van der Waals surface area contributed by atoms with Gasteiger partial charge in [-0.25, -0.2) is 9.59 Å². The van der Waals surface area contributed by atoms with Gasteiger partial charge < -0.3 is 14.8 Å². The summed E-state index contributed by atoms with van der Waals surface area (Å²) in [5.41, 5.74) is 0. The van der Waals surface area contributed by atoms with Crippen molar-refractivity contribution in [3.05, 3.63) is 12.0 Å². The van der Waals surface area contributed by atoms with E-state index in [-0.39, 0.29) is 12.5 Å². The van der Waals surface area contributed by atoms with Gasteiger partial charge in [-0.05, 0) is 20.8 Å². The number of hydrogen-bond donors (Lipinski definition) is 2. The molecule has 6 heteroatoms. The molecule has 0 aromatic rings. The summed E-state index contributed by atoms with van der Waals surface area (Å²) in [6, 6.07) is -0.425. The molecule has 0 heterocycles. The Kier molecular flexibility index (Phi) is 7.66. The molecule has 0 rings (SSSR count). The molecule has 0 saturated heterocycles. The van der Waals surface area contributed by atoms with Crippen molar-refractivity contribution >= 4 is 12.0 Å². The van der Waals surface area contributed by atoms with Crippen molar-refractivity contribution in [2.45, 2.75) is 20.8 Å². The first-order valence-corrected chi connectivity index (χ1v) is 5.20. The average Bonchev–Trinajstić information content (AvgIpc) is 2.18. The Labute approximate surface area is 95.0 Å². The highest BCUT2D eigenvalue weighted by Gasteiger charge is 2.06. The quantitative estimate of drug-likeness (QED) is 0.401. The standard InChI is InChI=1S/C10H18N2O4/c1-4-11-10(14)12-8(15-5-2)7-9(13)16-6-3/h7H,4-6H2,1-3H3,(H2,11,12,14). The highest BCUT2D eigenvalue weighted by Crippen LogP contribution is 1.94. The predicted molar refractivity (Wildman–Crippen MR) is 58.6 cm³/mol. The van der Waals surface area contributed by atoms with Crippen LogP contribution < -0.4 is 10.6 Å². The number of carbonyl (C=O) groups is 2. The number of esters is 1. The summed E-state index contributed by atoms with van der Waals surface area (Å²) in [6.45, 7) is 6.34. The lowest BCUT2D eigenvalue weighted by Crippen LogP contribution is -2.35. The zero-order chi connectivity index (χ0) is 12.4. The van der Waals surface area contributed by atoms with Gasteiger partial charge in [-0.15, -0.1) is 0 Å². The fraction of sp³-hybridized carbons (Fsp3) is 0.600. The number of urea groups is 1. The summed E-state index contributed by atoms with van der Waals surface area (Å²) in [7, 11) is 0. The maximum Gasteiger partial charge on any atom is 0.336 e. The molecule has 0 aliphatic heterocycles. The van der Waals surface area contributed by atoms with Crippen LogP contribution in [-0.2, 0) is 14.3 Å². The second-order valence-electron chi connectivity index (χ2n) is 2.68. The molecule has 0 fully saturated rings. The van der Waals surface area contributed by atoms with E-state index in [4.69, 9.17) is 9.47 Å². The lowest BCUT2D eigenvalue weighted by atomic mass is 10.5. The Bertz CT molecular complexity index is 264. The number of nitrogens with one attached hydrogen (secondary N) is 2. The Hall–Kier alpha value is -1.72. The van der Waals surface area contributed by atoms with E-state index in [1.807, 2.05) is 0 Å². The van der Waals surface area contributed by atoms with Crippen molar-refractivity contribution in [3.8, 4) is 0 Å². The summed E-state index contributed by atoms with van der Waals surface area (Å²) < 4.78 is 9.76. The van der Waals surface area contributed by atoms with Gasteiger partial charge in [-0.1, -0.05) is 0 Å². The van der Waals surface area contributed by atoms with Gasteiger partial charge in [0.25, 0.3) is 0 Å². The molecule has 2 amide bonds. The van der Waals surface area contributed by atoms with Gasteiger partial charge >= 0.3 is 12.0 Å². The third-order valence-corrected chi connectivity index (χ3v) is 1.41. The van der Waals surface area contributed by atoms with E-state index in [0.29, 0.717) is 13.2 Å². The molecule has 0 unspecified atom stereocenters. The molecule has 6 nitrogen and oxygen atoms in total. The minimum atomic E-state index is -0.553. The van der Waals surface area contributed by atoms with Crippen LogP contribution in [0, 0.1) is 0 Å². The topological polar surface area (TPSA) is 76.7 Å². The number of hydrogen-bond acceptors (Lipinski definition) is 4. The first kappa shape index (κ1) is 14.3. The second-order valence-corrected chi connectivity index (χ2v) is 2.68. The Balaban J connectivity index is 4.35. The third kappa shape index (κ3) is 6.69. The summed E-state index contributed by atoms with van der Waals surface area (Å²) >= 11 is 0. The fourth-order valence-corrected chi connectivity index (χ4v) is 0.877. The molecule has 2 N–H and O–H groups in total. The van der Waals surface area contributed by atoms with E-state index in [9.17, 15) is 9.59 Å². The van der Waals surface area contributed by atoms with Crippen LogP contribution in [0.3, 0.4) is 0 Å². The number of carbonyl (C=O) groups excluding carboxylic acids is 2. The second kappa shape index (κ2) is 8.58. The molecule has 0 spiro atoms. The van der Waals surface area contributed by atoms with Crippen LogP contribution in [0.1, 0.15) is 20.8 Å². The molecule has 0 atom stereocenters. The first-order chi connectivity index (χ1) is 7.63. The van der Waals surface area contributed by atoms with E-state index in [1.54, 1.807) is 20.8 Å². The Morgan fingerprint density at radius 1 is 1.12 bits per heavy atom. The van der Waals surface area contributed by atoms with Gasteiger partial charge in [-0.2, -0.15) is 0 Å². The smallest absolute Gasteiger partial charge is 0.336 e. The van der Waals surface area contributed by atoms with Crippen molar-refractivity contribution in [3.63, 3.8) is 0 Å². The predicted octanol–water partition coefficient (Wildman–Crippen LogP) is 0.746. The normalized spacial score (nSPS) is 10.6. The minimum absolute atomic E-state index is 0.0758. The van der Waals surface area contributed by atoms with Crippen LogP contribution in [0.15, 0.2) is 12.0 Å². The molecule has 0 aliphatic carbocycles. The minimum Gasteiger partial charge on any atom is -0.479 e. The molecular weight excluding hydrogens is 212 g/mol. The van der Waals surface area contributed by atoms with Gasteiger partial charge in [0, 0.05) is 6.54 Å². The van der Waals surface area contributed by atoms with Crippen LogP contribution in [0.5, 0.6) is 0 Å². The summed E-state index contributed by atoms with van der Waals surface area (Å²) in [6.07, 6.45) is 1.10. The van der Waals surface area contributed by atoms with Crippen LogP contribution in [0.4, 0.5) is 4.79 Å². The molecule has 92 valence electrons. The molecule has 0 saturated carbocycles. The molecule has 16 heavy (non-hydrogen) atoms. The molecular formula is C10H18N2O4. The number of ether oxygens (including phenoxy) is 2. The van der Waals surface area contributed by atoms with E-state index in [1.165, 1.54) is 0 Å². The maximum atomic E-state index is 11.2. The fourth-order valence-electron chi connectivity index (χ4n) is 0.877. The van der Waals surface area contributed by atoms with Gasteiger partial charge in [0.2, 0.25) is 5.88 Å². The zero-order valence-electron chi connectivity index (χ0n) is 9.83. The van der Waals surface area contributed by atoms with Gasteiger partial charge in [0.1, 0.15) is 0 Å². The molecule has 0 bridgehead atoms. The van der Waals surface area contributed by atoms with Crippen LogP contribution >= 0.6 is 0 Å². The SMILES string of the molecule is CCNC(=O)NC(=CC(=O)OCC)OCC. The average molecular weight is 230 g/mol. The first-order valence-electron chi connectivity index (χ1n) is 5.20. The Morgan fingerprint density at radius 3 is 2.25 bits per heavy atom. The highest BCUT2D eigenvalue weighted by molar-refractivity contribution is 5.84. The third-order valence-electron chi connectivity index (χ3n) is 1.41. The molecule has 0 radical (unpaired) electrons. The van der Waals surface area contributed by atoms with Gasteiger partial charge in [0.05, 0.1) is 19.3 Å². The van der Waals surface area contributed by atoms with Gasteiger partial charge in [0.15, 0.2) is 0 Å². The highest BCUT2D eigenvalue weighted by atomic mass is 16.5. The number of amides is 2. The molecule has 0 aromatic carbocycles. The zero-order valence-corrected chi connectivity index (χ0v) is 9.83. The van der Waals surface area contributed by atoms with Crippen molar-refractivity contribution < 1.29 is 19.1 Å². The largest absolute Gasteiger partial charge is 0.479 e. The summed E-state index contributed by atoms with van der Waals surface area (Å²) in [5.74, 6) is -0.477. The maximum absolute atomic E-state index is 11.2. The van der Waals surface area contributed by atoms with Gasteiger partial charge in [-0.3, -0.25) is 5.32 Å². The van der Waals surface area contributed by atoms with E-state index >= 15 is 0 Å². The van der Waals surface area contributed by atoms with Crippen molar-refractivity contribution in [2.24, 2.45) is 0 Å². The van der Waals surface area contributed by atoms with Crippen LogP contribution in [-0.4, -0.2) is 31.8 Å². The van der Waals surface area contributed by atoms with Crippen molar-refractivity contribution in [2.75, 3.05) is 19.8 Å².